The molecule has 0 radical (unpaired) electrons. The number of carbonyl (C=O) groups is 1. The summed E-state index contributed by atoms with van der Waals surface area (Å²) in [5.41, 5.74) is 4.72. The van der Waals surface area contributed by atoms with Crippen LogP contribution in [-0.4, -0.2) is 27.8 Å². The van der Waals surface area contributed by atoms with Crippen molar-refractivity contribution in [3.63, 3.8) is 0 Å². The van der Waals surface area contributed by atoms with Crippen molar-refractivity contribution in [1.29, 1.82) is 0 Å². The molecule has 0 atom stereocenters. The minimum absolute atomic E-state index is 0.383. The van der Waals surface area contributed by atoms with Crippen LogP contribution in [0.3, 0.4) is 0 Å². The Labute approximate surface area is 184 Å². The molecule has 2 aromatic heterocycles. The van der Waals surface area contributed by atoms with E-state index in [1.165, 1.54) is 7.11 Å². The predicted molar refractivity (Wildman–Crippen MR) is 119 cm³/mol. The summed E-state index contributed by atoms with van der Waals surface area (Å²) in [6, 6.07) is 9.33. The molecule has 0 bridgehead atoms. The first-order valence-corrected chi connectivity index (χ1v) is 10.9. The van der Waals surface area contributed by atoms with Gasteiger partial charge in [0.15, 0.2) is 0 Å². The monoisotopic (exact) mass is 475 g/mol. The Morgan fingerprint density at radius 1 is 1.24 bits per heavy atom. The van der Waals surface area contributed by atoms with Crippen molar-refractivity contribution >= 4 is 33.5 Å². The van der Waals surface area contributed by atoms with E-state index in [4.69, 9.17) is 16.3 Å². The highest BCUT2D eigenvalue weighted by Gasteiger charge is 2.17. The Bertz CT molecular complexity index is 1020. The Kier molecular flexibility index (Phi) is 7.09. The van der Waals surface area contributed by atoms with E-state index in [-0.39, 0.29) is 5.97 Å². The molecule has 0 aliphatic carbocycles. The summed E-state index contributed by atoms with van der Waals surface area (Å²) in [4.78, 5) is 16.8. The second-order valence-corrected chi connectivity index (χ2v) is 8.15. The number of ether oxygens (including phenoxy) is 1. The summed E-state index contributed by atoms with van der Waals surface area (Å²) in [5.74, 6) is 0.228. The number of esters is 1. The fourth-order valence-corrected chi connectivity index (χ4v) is 3.68. The molecular weight excluding hydrogens is 454 g/mol. The molecule has 0 spiro atoms. The van der Waals surface area contributed by atoms with E-state index in [0.29, 0.717) is 27.7 Å². The van der Waals surface area contributed by atoms with Gasteiger partial charge in [-0.25, -0.2) is 9.78 Å². The van der Waals surface area contributed by atoms with Crippen LogP contribution in [0, 0.1) is 5.92 Å². The van der Waals surface area contributed by atoms with Crippen molar-refractivity contribution in [2.24, 2.45) is 5.92 Å². The summed E-state index contributed by atoms with van der Waals surface area (Å²) in [7, 11) is 1.38. The fourth-order valence-electron chi connectivity index (χ4n) is 3.04. The fraction of sp³-hybridized carbons (Fsp3) is 0.318. The number of aryl methyl sites for hydroxylation is 1. The maximum atomic E-state index is 12.2. The van der Waals surface area contributed by atoms with Crippen molar-refractivity contribution in [3.05, 3.63) is 59.0 Å². The minimum Gasteiger partial charge on any atom is -0.465 e. The molecule has 152 valence electrons. The topological polar surface area (TPSA) is 57.0 Å². The molecule has 3 aromatic rings. The summed E-state index contributed by atoms with van der Waals surface area (Å²) in [6.45, 7) is 5.25. The zero-order chi connectivity index (χ0) is 21.0. The molecule has 7 heteroatoms. The van der Waals surface area contributed by atoms with Gasteiger partial charge in [-0.05, 0) is 36.1 Å². The number of nitrogens with zero attached hydrogens (tertiary/aromatic N) is 3. The van der Waals surface area contributed by atoms with Crippen LogP contribution in [0.5, 0.6) is 0 Å². The van der Waals surface area contributed by atoms with Gasteiger partial charge in [0.05, 0.1) is 24.6 Å². The molecule has 5 nitrogen and oxygen atoms in total. The molecule has 0 saturated heterocycles. The van der Waals surface area contributed by atoms with Crippen LogP contribution in [0.2, 0.25) is 5.15 Å². The third kappa shape index (κ3) is 5.06. The highest BCUT2D eigenvalue weighted by molar-refractivity contribution is 9.08. The number of hydrogen-bond donors (Lipinski definition) is 0. The van der Waals surface area contributed by atoms with Crippen molar-refractivity contribution in [3.8, 4) is 22.4 Å². The molecule has 2 heterocycles. The molecule has 0 N–H and O–H groups in total. The first-order valence-electron chi connectivity index (χ1n) is 9.40. The lowest BCUT2D eigenvalue weighted by atomic mass is 9.98. The second kappa shape index (κ2) is 9.55. The molecule has 0 aliphatic heterocycles. The molecule has 29 heavy (non-hydrogen) atoms. The van der Waals surface area contributed by atoms with Crippen LogP contribution < -0.4 is 0 Å². The van der Waals surface area contributed by atoms with Gasteiger partial charge in [-0.1, -0.05) is 53.5 Å². The van der Waals surface area contributed by atoms with Crippen LogP contribution >= 0.6 is 27.5 Å². The summed E-state index contributed by atoms with van der Waals surface area (Å²) < 4.78 is 6.88. The smallest absolute Gasteiger partial charge is 0.338 e. The number of benzene rings is 1. The molecule has 0 amide bonds. The zero-order valence-corrected chi connectivity index (χ0v) is 19.0. The largest absolute Gasteiger partial charge is 0.465 e. The lowest BCUT2D eigenvalue weighted by Gasteiger charge is -2.11. The average Bonchev–Trinajstić information content (AvgIpc) is 3.20. The maximum absolute atomic E-state index is 12.2. The molecule has 1 aromatic carbocycles. The molecule has 3 rings (SSSR count). The van der Waals surface area contributed by atoms with Gasteiger partial charge in [0.2, 0.25) is 0 Å². The minimum atomic E-state index is -0.383. The Morgan fingerprint density at radius 3 is 2.72 bits per heavy atom. The normalized spacial score (nSPS) is 11.1. The van der Waals surface area contributed by atoms with E-state index in [1.807, 2.05) is 35.3 Å². The average molecular weight is 477 g/mol. The standard InChI is InChI=1S/C22H23BrClN3O2/c1-14(2)8-9-27-13-17(12-25-27)18-6-7-20(24)26-21(18)15-4-5-16(11-23)19(10-15)22(28)29-3/h4-7,10,12-14H,8-9,11H2,1-3H3. The van der Waals surface area contributed by atoms with Crippen LogP contribution in [0.25, 0.3) is 22.4 Å². The van der Waals surface area contributed by atoms with E-state index in [1.54, 1.807) is 12.1 Å². The van der Waals surface area contributed by atoms with Crippen LogP contribution in [-0.2, 0) is 16.6 Å². The van der Waals surface area contributed by atoms with Crippen molar-refractivity contribution in [2.75, 3.05) is 7.11 Å². The Morgan fingerprint density at radius 2 is 2.03 bits per heavy atom. The van der Waals surface area contributed by atoms with E-state index in [2.05, 4.69) is 39.9 Å². The number of aromatic nitrogens is 3. The first kappa shape index (κ1) is 21.5. The first-order chi connectivity index (χ1) is 13.9. The zero-order valence-electron chi connectivity index (χ0n) is 16.7. The Balaban J connectivity index is 2.05. The molecule has 0 unspecified atom stereocenters. The number of halogens is 2. The van der Waals surface area contributed by atoms with Gasteiger partial charge in [0, 0.05) is 34.8 Å². The maximum Gasteiger partial charge on any atom is 0.338 e. The van der Waals surface area contributed by atoms with Gasteiger partial charge in [-0.2, -0.15) is 5.10 Å². The summed E-state index contributed by atoms with van der Waals surface area (Å²) >= 11 is 9.62. The van der Waals surface area contributed by atoms with Gasteiger partial charge in [-0.15, -0.1) is 0 Å². The number of carbonyl (C=O) groups excluding carboxylic acids is 1. The van der Waals surface area contributed by atoms with Gasteiger partial charge in [0.1, 0.15) is 5.15 Å². The lowest BCUT2D eigenvalue weighted by molar-refractivity contribution is 0.0600. The number of hydrogen-bond acceptors (Lipinski definition) is 4. The van der Waals surface area contributed by atoms with E-state index in [9.17, 15) is 4.79 Å². The van der Waals surface area contributed by atoms with Crippen LogP contribution in [0.4, 0.5) is 0 Å². The Hall–Kier alpha value is -2.18. The van der Waals surface area contributed by atoms with Crippen LogP contribution in [0.15, 0.2) is 42.7 Å². The van der Waals surface area contributed by atoms with Crippen molar-refractivity contribution in [1.82, 2.24) is 14.8 Å². The summed E-state index contributed by atoms with van der Waals surface area (Å²) in [6.07, 6.45) is 4.91. The number of methoxy groups -OCH3 is 1. The van der Waals surface area contributed by atoms with E-state index < -0.39 is 0 Å². The second-order valence-electron chi connectivity index (χ2n) is 7.20. The third-order valence-corrected chi connectivity index (χ3v) is 5.49. The van der Waals surface area contributed by atoms with Gasteiger partial charge < -0.3 is 4.74 Å². The van der Waals surface area contributed by atoms with Gasteiger partial charge in [-0.3, -0.25) is 4.68 Å². The number of rotatable bonds is 7. The quantitative estimate of drug-likeness (QED) is 0.239. The molecule has 0 saturated carbocycles. The number of pyridine rings is 1. The highest BCUT2D eigenvalue weighted by Crippen LogP contribution is 2.33. The van der Waals surface area contributed by atoms with Crippen LogP contribution in [0.1, 0.15) is 36.2 Å². The highest BCUT2D eigenvalue weighted by atomic mass is 79.9. The number of alkyl halides is 1. The molecular formula is C22H23BrClN3O2. The van der Waals surface area contributed by atoms with Crippen molar-refractivity contribution < 1.29 is 9.53 Å². The molecule has 0 fully saturated rings. The SMILES string of the molecule is COC(=O)c1cc(-c2nc(Cl)ccc2-c2cnn(CCC(C)C)c2)ccc1CBr. The van der Waals surface area contributed by atoms with Gasteiger partial charge >= 0.3 is 5.97 Å². The van der Waals surface area contributed by atoms with Gasteiger partial charge in [0.25, 0.3) is 0 Å². The van der Waals surface area contributed by atoms with E-state index >= 15 is 0 Å². The lowest BCUT2D eigenvalue weighted by Crippen LogP contribution is -2.05. The predicted octanol–water partition coefficient (Wildman–Crippen LogP) is 5.99. The molecule has 0 aliphatic rings. The van der Waals surface area contributed by atoms with Crippen molar-refractivity contribution in [2.45, 2.75) is 32.1 Å². The third-order valence-electron chi connectivity index (χ3n) is 4.67. The summed E-state index contributed by atoms with van der Waals surface area (Å²) in [5, 5.41) is 5.42. The van der Waals surface area contributed by atoms with E-state index in [0.717, 1.165) is 35.2 Å².